The molecular formula is C10H19NS2. The molecule has 1 nitrogen and oxygen atoms in total. The minimum atomic E-state index is 0.819. The van der Waals surface area contributed by atoms with Gasteiger partial charge in [-0.05, 0) is 37.2 Å². The standard InChI is InChI=1S/C10H19NS2/c1-3-9(8-12-5-1)11-7-10-4-2-6-13-10/h9-11H,1-8H2. The summed E-state index contributed by atoms with van der Waals surface area (Å²) in [6.07, 6.45) is 5.71. The lowest BCUT2D eigenvalue weighted by Crippen LogP contribution is -2.37. The first-order valence-corrected chi connectivity index (χ1v) is 7.58. The van der Waals surface area contributed by atoms with Crippen LogP contribution in [0.15, 0.2) is 0 Å². The largest absolute Gasteiger partial charge is 0.312 e. The van der Waals surface area contributed by atoms with Crippen molar-refractivity contribution >= 4 is 23.5 Å². The Kier molecular flexibility index (Phi) is 4.32. The van der Waals surface area contributed by atoms with Crippen molar-refractivity contribution in [3.05, 3.63) is 0 Å². The van der Waals surface area contributed by atoms with Crippen LogP contribution in [0.4, 0.5) is 0 Å². The summed E-state index contributed by atoms with van der Waals surface area (Å²) >= 11 is 4.28. The lowest BCUT2D eigenvalue weighted by atomic mass is 10.1. The fraction of sp³-hybridized carbons (Fsp3) is 1.00. The van der Waals surface area contributed by atoms with E-state index in [-0.39, 0.29) is 0 Å². The Morgan fingerprint density at radius 3 is 2.77 bits per heavy atom. The lowest BCUT2D eigenvalue weighted by molar-refractivity contribution is 0.502. The Bertz CT molecular complexity index is 140. The van der Waals surface area contributed by atoms with Crippen molar-refractivity contribution in [1.29, 1.82) is 0 Å². The quantitative estimate of drug-likeness (QED) is 0.779. The van der Waals surface area contributed by atoms with E-state index in [2.05, 4.69) is 28.8 Å². The molecule has 3 heteroatoms. The Morgan fingerprint density at radius 1 is 1.15 bits per heavy atom. The van der Waals surface area contributed by atoms with Gasteiger partial charge in [0, 0.05) is 23.6 Å². The molecule has 0 bridgehead atoms. The second-order valence-corrected chi connectivity index (χ2v) is 6.52. The van der Waals surface area contributed by atoms with Crippen molar-refractivity contribution in [2.75, 3.05) is 23.8 Å². The van der Waals surface area contributed by atoms with Gasteiger partial charge in [0.05, 0.1) is 0 Å². The van der Waals surface area contributed by atoms with E-state index in [0.717, 1.165) is 11.3 Å². The third kappa shape index (κ3) is 3.37. The second-order valence-electron chi connectivity index (χ2n) is 3.96. The van der Waals surface area contributed by atoms with Crippen molar-refractivity contribution in [2.24, 2.45) is 0 Å². The smallest absolute Gasteiger partial charge is 0.0172 e. The fourth-order valence-electron chi connectivity index (χ4n) is 2.01. The highest BCUT2D eigenvalue weighted by Gasteiger charge is 2.18. The maximum Gasteiger partial charge on any atom is 0.0172 e. The van der Waals surface area contributed by atoms with Crippen LogP contribution in [0.5, 0.6) is 0 Å². The van der Waals surface area contributed by atoms with E-state index in [1.807, 2.05) is 0 Å². The Labute approximate surface area is 89.8 Å². The van der Waals surface area contributed by atoms with Gasteiger partial charge in [-0.3, -0.25) is 0 Å². The van der Waals surface area contributed by atoms with Crippen LogP contribution in [-0.4, -0.2) is 35.1 Å². The van der Waals surface area contributed by atoms with Gasteiger partial charge < -0.3 is 5.32 Å². The average Bonchev–Trinajstić information content (AvgIpc) is 2.69. The molecule has 0 aromatic rings. The molecule has 2 atom stereocenters. The van der Waals surface area contributed by atoms with Crippen LogP contribution in [0.2, 0.25) is 0 Å². The topological polar surface area (TPSA) is 12.0 Å². The number of rotatable bonds is 3. The molecular weight excluding hydrogens is 198 g/mol. The zero-order chi connectivity index (χ0) is 8.93. The molecule has 2 aliphatic heterocycles. The van der Waals surface area contributed by atoms with E-state index < -0.39 is 0 Å². The molecule has 0 amide bonds. The van der Waals surface area contributed by atoms with E-state index in [1.165, 1.54) is 49.5 Å². The first kappa shape index (κ1) is 10.2. The molecule has 76 valence electrons. The van der Waals surface area contributed by atoms with Crippen LogP contribution in [0.3, 0.4) is 0 Å². The van der Waals surface area contributed by atoms with Crippen LogP contribution < -0.4 is 5.32 Å². The Hall–Kier alpha value is 0.660. The Balaban J connectivity index is 1.60. The van der Waals surface area contributed by atoms with Gasteiger partial charge in [0.1, 0.15) is 0 Å². The van der Waals surface area contributed by atoms with Gasteiger partial charge in [-0.15, -0.1) is 0 Å². The number of thioether (sulfide) groups is 2. The maximum atomic E-state index is 3.72. The van der Waals surface area contributed by atoms with Crippen molar-refractivity contribution in [2.45, 2.75) is 37.0 Å². The van der Waals surface area contributed by atoms with E-state index >= 15 is 0 Å². The van der Waals surface area contributed by atoms with Crippen LogP contribution in [-0.2, 0) is 0 Å². The lowest BCUT2D eigenvalue weighted by Gasteiger charge is -2.23. The van der Waals surface area contributed by atoms with Gasteiger partial charge in [0.2, 0.25) is 0 Å². The minimum absolute atomic E-state index is 0.819. The maximum absolute atomic E-state index is 3.72. The summed E-state index contributed by atoms with van der Waals surface area (Å²) in [6.45, 7) is 1.26. The molecule has 2 heterocycles. The predicted molar refractivity (Wildman–Crippen MR) is 63.8 cm³/mol. The molecule has 0 aliphatic carbocycles. The number of hydrogen-bond acceptors (Lipinski definition) is 3. The van der Waals surface area contributed by atoms with Gasteiger partial charge >= 0.3 is 0 Å². The van der Waals surface area contributed by atoms with Gasteiger partial charge in [0.25, 0.3) is 0 Å². The summed E-state index contributed by atoms with van der Waals surface area (Å²) < 4.78 is 0. The van der Waals surface area contributed by atoms with E-state index in [9.17, 15) is 0 Å². The SMILES string of the molecule is C1CSCC(NCC2CCCS2)C1. The van der Waals surface area contributed by atoms with E-state index in [0.29, 0.717) is 0 Å². The molecule has 0 spiro atoms. The van der Waals surface area contributed by atoms with Gasteiger partial charge in [0.15, 0.2) is 0 Å². The molecule has 0 radical (unpaired) electrons. The summed E-state index contributed by atoms with van der Waals surface area (Å²) in [4.78, 5) is 0. The average molecular weight is 217 g/mol. The van der Waals surface area contributed by atoms with Gasteiger partial charge in [-0.2, -0.15) is 23.5 Å². The molecule has 13 heavy (non-hydrogen) atoms. The third-order valence-corrected chi connectivity index (χ3v) is 5.43. The van der Waals surface area contributed by atoms with Crippen LogP contribution in [0.25, 0.3) is 0 Å². The van der Waals surface area contributed by atoms with Crippen molar-refractivity contribution in [3.63, 3.8) is 0 Å². The number of nitrogens with one attached hydrogen (secondary N) is 1. The van der Waals surface area contributed by atoms with Gasteiger partial charge in [-0.1, -0.05) is 0 Å². The van der Waals surface area contributed by atoms with Gasteiger partial charge in [-0.25, -0.2) is 0 Å². The molecule has 2 fully saturated rings. The second kappa shape index (κ2) is 5.52. The highest BCUT2D eigenvalue weighted by Crippen LogP contribution is 2.26. The highest BCUT2D eigenvalue weighted by atomic mass is 32.2. The summed E-state index contributed by atoms with van der Waals surface area (Å²) in [5.74, 6) is 4.12. The number of hydrogen-bond donors (Lipinski definition) is 1. The predicted octanol–water partition coefficient (Wildman–Crippen LogP) is 2.37. The normalized spacial score (nSPS) is 35.1. The molecule has 1 N–H and O–H groups in total. The first-order valence-electron chi connectivity index (χ1n) is 5.38. The van der Waals surface area contributed by atoms with Crippen molar-refractivity contribution in [1.82, 2.24) is 5.32 Å². The zero-order valence-corrected chi connectivity index (χ0v) is 9.76. The van der Waals surface area contributed by atoms with E-state index in [1.54, 1.807) is 0 Å². The Morgan fingerprint density at radius 2 is 2.08 bits per heavy atom. The van der Waals surface area contributed by atoms with Crippen LogP contribution in [0, 0.1) is 0 Å². The highest BCUT2D eigenvalue weighted by molar-refractivity contribution is 8.00. The minimum Gasteiger partial charge on any atom is -0.312 e. The molecule has 2 unspecified atom stereocenters. The fourth-order valence-corrected chi connectivity index (χ4v) is 4.33. The third-order valence-electron chi connectivity index (χ3n) is 2.82. The molecule has 0 aromatic heterocycles. The first-order chi connectivity index (χ1) is 6.45. The zero-order valence-electron chi connectivity index (χ0n) is 8.13. The summed E-state index contributed by atoms with van der Waals surface area (Å²) in [5.41, 5.74) is 0. The molecule has 0 aromatic carbocycles. The van der Waals surface area contributed by atoms with Crippen LogP contribution in [0.1, 0.15) is 25.7 Å². The van der Waals surface area contributed by atoms with Crippen molar-refractivity contribution < 1.29 is 0 Å². The molecule has 2 rings (SSSR count). The molecule has 0 saturated carbocycles. The van der Waals surface area contributed by atoms with Crippen LogP contribution >= 0.6 is 23.5 Å². The summed E-state index contributed by atoms with van der Waals surface area (Å²) in [7, 11) is 0. The van der Waals surface area contributed by atoms with E-state index in [4.69, 9.17) is 0 Å². The summed E-state index contributed by atoms with van der Waals surface area (Å²) in [5, 5.41) is 4.64. The monoisotopic (exact) mass is 217 g/mol. The van der Waals surface area contributed by atoms with Crippen molar-refractivity contribution in [3.8, 4) is 0 Å². The molecule has 2 saturated heterocycles. The summed E-state index contributed by atoms with van der Waals surface area (Å²) in [6, 6.07) is 0.819. The molecule has 2 aliphatic rings.